The molecule has 2 N–H and O–H groups in total. The van der Waals surface area contributed by atoms with Gasteiger partial charge < -0.3 is 19.9 Å². The summed E-state index contributed by atoms with van der Waals surface area (Å²) in [6.07, 6.45) is 10.2. The SMILES string of the molecule is COc1cc(C=CC(=O)NC2CCC(C)CC2)ccc1OCCCCCC(=O)O.[NaH]. The quantitative estimate of drug-likeness (QED) is 0.319. The van der Waals surface area contributed by atoms with Crippen molar-refractivity contribution in [1.29, 1.82) is 0 Å². The molecule has 0 aromatic heterocycles. The Hall–Kier alpha value is -1.50. The zero-order chi connectivity index (χ0) is 21.1. The fourth-order valence-corrected chi connectivity index (χ4v) is 3.47. The second-order valence-corrected chi connectivity index (χ2v) is 7.76. The number of hydrogen-bond donors (Lipinski definition) is 2. The van der Waals surface area contributed by atoms with Gasteiger partial charge in [-0.15, -0.1) is 0 Å². The number of benzene rings is 1. The van der Waals surface area contributed by atoms with Crippen molar-refractivity contribution in [2.45, 2.75) is 64.3 Å². The van der Waals surface area contributed by atoms with Gasteiger partial charge in [0.25, 0.3) is 0 Å². The summed E-state index contributed by atoms with van der Waals surface area (Å²) in [6, 6.07) is 5.83. The number of carboxylic acids is 1. The van der Waals surface area contributed by atoms with Gasteiger partial charge in [0.15, 0.2) is 11.5 Å². The van der Waals surface area contributed by atoms with Crippen LogP contribution in [-0.4, -0.2) is 66.3 Å². The molecule has 0 radical (unpaired) electrons. The first kappa shape index (κ1) is 26.5. The summed E-state index contributed by atoms with van der Waals surface area (Å²) in [6.45, 7) is 2.77. The third-order valence-electron chi connectivity index (χ3n) is 5.27. The van der Waals surface area contributed by atoms with Crippen LogP contribution in [0.5, 0.6) is 11.5 Å². The van der Waals surface area contributed by atoms with Crippen molar-refractivity contribution in [3.63, 3.8) is 0 Å². The van der Waals surface area contributed by atoms with Gasteiger partial charge in [0.2, 0.25) is 5.91 Å². The first-order valence-electron chi connectivity index (χ1n) is 10.5. The van der Waals surface area contributed by atoms with E-state index >= 15 is 0 Å². The van der Waals surface area contributed by atoms with E-state index in [1.807, 2.05) is 18.2 Å². The summed E-state index contributed by atoms with van der Waals surface area (Å²) in [5.74, 6) is 1.18. The van der Waals surface area contributed by atoms with Gasteiger partial charge in [-0.05, 0) is 74.6 Å². The third kappa shape index (κ3) is 10.0. The van der Waals surface area contributed by atoms with Crippen molar-refractivity contribution >= 4 is 47.5 Å². The van der Waals surface area contributed by atoms with Crippen LogP contribution in [0, 0.1) is 5.92 Å². The van der Waals surface area contributed by atoms with E-state index in [4.69, 9.17) is 14.6 Å². The molecular formula is C23H34NNaO5. The molecule has 1 saturated carbocycles. The molecule has 0 atom stereocenters. The molecule has 162 valence electrons. The molecule has 0 bridgehead atoms. The van der Waals surface area contributed by atoms with Crippen LogP contribution >= 0.6 is 0 Å². The van der Waals surface area contributed by atoms with Crippen molar-refractivity contribution in [2.75, 3.05) is 13.7 Å². The second kappa shape index (κ2) is 14.5. The van der Waals surface area contributed by atoms with Gasteiger partial charge in [-0.25, -0.2) is 0 Å². The normalized spacial score (nSPS) is 18.5. The molecule has 6 nitrogen and oxygen atoms in total. The van der Waals surface area contributed by atoms with Crippen molar-refractivity contribution in [1.82, 2.24) is 5.32 Å². The van der Waals surface area contributed by atoms with Gasteiger partial charge in [-0.3, -0.25) is 9.59 Å². The van der Waals surface area contributed by atoms with E-state index in [1.165, 1.54) is 12.8 Å². The molecule has 1 aliphatic rings. The summed E-state index contributed by atoms with van der Waals surface area (Å²) in [4.78, 5) is 22.7. The van der Waals surface area contributed by atoms with Crippen molar-refractivity contribution in [2.24, 2.45) is 5.92 Å². The van der Waals surface area contributed by atoms with E-state index in [1.54, 1.807) is 19.3 Å². The van der Waals surface area contributed by atoms with Gasteiger partial charge >= 0.3 is 35.5 Å². The fraction of sp³-hybridized carbons (Fsp3) is 0.565. The Bertz CT molecular complexity index is 699. The Kier molecular flexibility index (Phi) is 12.8. The predicted molar refractivity (Wildman–Crippen MR) is 120 cm³/mol. The number of methoxy groups -OCH3 is 1. The molecule has 1 fully saturated rings. The molecule has 0 aliphatic heterocycles. The van der Waals surface area contributed by atoms with Crippen molar-refractivity contribution in [3.05, 3.63) is 29.8 Å². The van der Waals surface area contributed by atoms with Gasteiger partial charge in [0.1, 0.15) is 0 Å². The zero-order valence-corrected chi connectivity index (χ0v) is 17.5. The van der Waals surface area contributed by atoms with Crippen molar-refractivity contribution < 1.29 is 24.2 Å². The van der Waals surface area contributed by atoms with E-state index in [-0.39, 0.29) is 47.9 Å². The molecule has 7 heteroatoms. The maximum absolute atomic E-state index is 12.2. The summed E-state index contributed by atoms with van der Waals surface area (Å²) >= 11 is 0. The molecular weight excluding hydrogens is 393 g/mol. The molecule has 1 aromatic carbocycles. The van der Waals surface area contributed by atoms with Crippen LogP contribution in [0.15, 0.2) is 24.3 Å². The Labute approximate surface area is 201 Å². The van der Waals surface area contributed by atoms with Crippen LogP contribution in [-0.2, 0) is 9.59 Å². The van der Waals surface area contributed by atoms with Gasteiger partial charge in [-0.2, -0.15) is 0 Å². The molecule has 1 amide bonds. The van der Waals surface area contributed by atoms with Crippen LogP contribution < -0.4 is 14.8 Å². The monoisotopic (exact) mass is 427 g/mol. The van der Waals surface area contributed by atoms with Gasteiger partial charge in [-0.1, -0.05) is 13.0 Å². The molecule has 0 spiro atoms. The fourth-order valence-electron chi connectivity index (χ4n) is 3.47. The average Bonchev–Trinajstić information content (AvgIpc) is 2.71. The number of unbranched alkanes of at least 4 members (excludes halogenated alkanes) is 2. The van der Waals surface area contributed by atoms with Gasteiger partial charge in [0, 0.05) is 18.5 Å². The number of amides is 1. The topological polar surface area (TPSA) is 84.9 Å². The molecule has 30 heavy (non-hydrogen) atoms. The molecule has 2 rings (SSSR count). The average molecular weight is 428 g/mol. The van der Waals surface area contributed by atoms with Crippen LogP contribution in [0.3, 0.4) is 0 Å². The minimum absolute atomic E-state index is 0. The summed E-state index contributed by atoms with van der Waals surface area (Å²) in [7, 11) is 1.58. The van der Waals surface area contributed by atoms with E-state index < -0.39 is 5.97 Å². The van der Waals surface area contributed by atoms with Gasteiger partial charge in [0.05, 0.1) is 13.7 Å². The molecule has 0 unspecified atom stereocenters. The summed E-state index contributed by atoms with van der Waals surface area (Å²) < 4.78 is 11.1. The number of hydrogen-bond acceptors (Lipinski definition) is 4. The number of carbonyl (C=O) groups is 2. The Balaban J connectivity index is 0.00000450. The molecule has 0 saturated heterocycles. The maximum atomic E-state index is 12.2. The van der Waals surface area contributed by atoms with Crippen LogP contribution in [0.25, 0.3) is 6.08 Å². The Morgan fingerprint density at radius 3 is 2.53 bits per heavy atom. The van der Waals surface area contributed by atoms with E-state index in [0.29, 0.717) is 24.5 Å². The summed E-state index contributed by atoms with van der Waals surface area (Å²) in [5.41, 5.74) is 0.864. The van der Waals surface area contributed by atoms with Crippen molar-refractivity contribution in [3.8, 4) is 11.5 Å². The number of aliphatic carboxylic acids is 1. The van der Waals surface area contributed by atoms with E-state index in [2.05, 4.69) is 12.2 Å². The third-order valence-corrected chi connectivity index (χ3v) is 5.27. The van der Waals surface area contributed by atoms with E-state index in [9.17, 15) is 9.59 Å². The zero-order valence-electron chi connectivity index (χ0n) is 17.5. The first-order chi connectivity index (χ1) is 14.0. The number of ether oxygens (including phenoxy) is 2. The number of carbonyl (C=O) groups excluding carboxylic acids is 1. The number of nitrogens with one attached hydrogen (secondary N) is 1. The first-order valence-corrected chi connectivity index (χ1v) is 10.5. The van der Waals surface area contributed by atoms with Crippen LogP contribution in [0.2, 0.25) is 0 Å². The Morgan fingerprint density at radius 1 is 1.13 bits per heavy atom. The standard InChI is InChI=1S/C23H33NO5.Na.H/c1-17-7-11-19(12-8-17)24-22(25)14-10-18-9-13-20(21(16-18)28-2)29-15-5-3-4-6-23(26)27;;/h9-10,13-14,16-17,19H,3-8,11-12,15H2,1-2H3,(H,24,25)(H,26,27);;. The Morgan fingerprint density at radius 2 is 1.87 bits per heavy atom. The van der Waals surface area contributed by atoms with E-state index in [0.717, 1.165) is 37.2 Å². The summed E-state index contributed by atoms with van der Waals surface area (Å²) in [5, 5.41) is 11.7. The van der Waals surface area contributed by atoms with Crippen LogP contribution in [0.1, 0.15) is 63.9 Å². The predicted octanol–water partition coefficient (Wildman–Crippen LogP) is 3.78. The van der Waals surface area contributed by atoms with Crippen LogP contribution in [0.4, 0.5) is 0 Å². The molecule has 1 aromatic rings. The number of rotatable bonds is 11. The second-order valence-electron chi connectivity index (χ2n) is 7.76. The molecule has 1 aliphatic carbocycles. The number of carboxylic acid groups (broad SMARTS) is 1. The molecule has 0 heterocycles. The minimum atomic E-state index is -0.766.